The zero-order chi connectivity index (χ0) is 2.83. The van der Waals surface area contributed by atoms with Crippen LogP contribution in [-0.4, -0.2) is 6.61 Å². The normalized spacial score (nSPS) is 24.0. The van der Waals surface area contributed by atoms with E-state index in [9.17, 15) is 0 Å². The molecule has 1 saturated heterocycles. The molecule has 1 radical (unpaired) electrons. The highest BCUT2D eigenvalue weighted by Crippen LogP contribution is 2.00. The van der Waals surface area contributed by atoms with Crippen molar-refractivity contribution in [3.63, 3.8) is 0 Å². The monoisotopic (exact) mass is 57.0 g/mol. The lowest BCUT2D eigenvalue weighted by Gasteiger charge is -2.07. The van der Waals surface area contributed by atoms with Crippen molar-refractivity contribution in [1.29, 1.82) is 0 Å². The second kappa shape index (κ2) is 0.725. The van der Waals surface area contributed by atoms with Gasteiger partial charge in [0.15, 0.2) is 0 Å². The van der Waals surface area contributed by atoms with Gasteiger partial charge in [-0.15, -0.1) is 0 Å². The van der Waals surface area contributed by atoms with E-state index in [0.717, 1.165) is 13.0 Å². The van der Waals surface area contributed by atoms with Crippen molar-refractivity contribution in [3.8, 4) is 0 Å². The smallest absolute Gasteiger partial charge is 0.0859 e. The van der Waals surface area contributed by atoms with Gasteiger partial charge in [-0.05, 0) is 6.42 Å². The second-order valence-electron chi connectivity index (χ2n) is 0.826. The minimum Gasteiger partial charge on any atom is -0.375 e. The Balaban J connectivity index is 2.00. The van der Waals surface area contributed by atoms with E-state index in [-0.39, 0.29) is 0 Å². The first-order valence-corrected chi connectivity index (χ1v) is 1.43. The Morgan fingerprint density at radius 1 is 1.75 bits per heavy atom. The van der Waals surface area contributed by atoms with Gasteiger partial charge < -0.3 is 4.74 Å². The van der Waals surface area contributed by atoms with Crippen LogP contribution in [0.1, 0.15) is 6.42 Å². The van der Waals surface area contributed by atoms with Crippen molar-refractivity contribution in [2.45, 2.75) is 6.42 Å². The van der Waals surface area contributed by atoms with Gasteiger partial charge in [-0.2, -0.15) is 0 Å². The quantitative estimate of drug-likeness (QED) is 0.395. The molecule has 1 heteroatoms. The molecule has 0 saturated carbocycles. The maximum absolute atomic E-state index is 4.60. The summed E-state index contributed by atoms with van der Waals surface area (Å²) in [7, 11) is 0. The maximum Gasteiger partial charge on any atom is 0.0859 e. The summed E-state index contributed by atoms with van der Waals surface area (Å²) < 4.78 is 4.60. The average molecular weight is 57.1 g/mol. The third-order valence-corrected chi connectivity index (χ3v) is 0.471. The minimum absolute atomic E-state index is 0.944. The van der Waals surface area contributed by atoms with Crippen molar-refractivity contribution < 1.29 is 4.74 Å². The summed E-state index contributed by atoms with van der Waals surface area (Å²) in [5.74, 6) is 0. The predicted molar refractivity (Wildman–Crippen MR) is 14.9 cm³/mol. The van der Waals surface area contributed by atoms with E-state index in [1.165, 1.54) is 0 Å². The van der Waals surface area contributed by atoms with Gasteiger partial charge in [0.25, 0.3) is 0 Å². The lowest BCUT2D eigenvalue weighted by Crippen LogP contribution is -2.02. The van der Waals surface area contributed by atoms with Crippen LogP contribution in [-0.2, 0) is 4.74 Å². The number of hydrogen-bond donors (Lipinski definition) is 0. The summed E-state index contributed by atoms with van der Waals surface area (Å²) in [6.07, 6.45) is 1.15. The van der Waals surface area contributed by atoms with E-state index in [4.69, 9.17) is 0 Å². The van der Waals surface area contributed by atoms with Crippen LogP contribution in [0.5, 0.6) is 0 Å². The fraction of sp³-hybridized carbons (Fsp3) is 0.667. The summed E-state index contributed by atoms with van der Waals surface area (Å²) in [6.45, 7) is 2.75. The Hall–Kier alpha value is -0.0400. The largest absolute Gasteiger partial charge is 0.375 e. The molecule has 0 aliphatic carbocycles. The van der Waals surface area contributed by atoms with E-state index < -0.39 is 0 Å². The van der Waals surface area contributed by atoms with E-state index in [0.29, 0.717) is 0 Å². The number of ether oxygens (including phenoxy) is 1. The molecule has 0 amide bonds. The topological polar surface area (TPSA) is 9.23 Å². The second-order valence-corrected chi connectivity index (χ2v) is 0.826. The molecule has 1 fully saturated rings. The molecule has 4 heavy (non-hydrogen) atoms. The van der Waals surface area contributed by atoms with Gasteiger partial charge in [0, 0.05) is 6.61 Å². The van der Waals surface area contributed by atoms with Gasteiger partial charge in [-0.25, -0.2) is 0 Å². The highest BCUT2D eigenvalue weighted by atomic mass is 16.5. The predicted octanol–water partition coefficient (Wildman–Crippen LogP) is 0.568. The Bertz CT molecular complexity index is 11.2. The zero-order valence-electron chi connectivity index (χ0n) is 2.40. The Morgan fingerprint density at radius 3 is 2.00 bits per heavy atom. The summed E-state index contributed by atoms with van der Waals surface area (Å²) in [4.78, 5) is 0. The van der Waals surface area contributed by atoms with Gasteiger partial charge in [0.2, 0.25) is 0 Å². The summed E-state index contributed by atoms with van der Waals surface area (Å²) in [5.41, 5.74) is 0. The van der Waals surface area contributed by atoms with Crippen molar-refractivity contribution in [2.75, 3.05) is 6.61 Å². The highest BCUT2D eigenvalue weighted by molar-refractivity contribution is 4.58. The van der Waals surface area contributed by atoms with Crippen LogP contribution in [0.3, 0.4) is 0 Å². The van der Waals surface area contributed by atoms with Crippen LogP contribution in [0.2, 0.25) is 0 Å². The molecule has 23 valence electrons. The zero-order valence-corrected chi connectivity index (χ0v) is 2.40. The molecule has 1 nitrogen and oxygen atoms in total. The number of hydrogen-bond acceptors (Lipinski definition) is 1. The Kier molecular flexibility index (Phi) is 0.401. The molecule has 0 atom stereocenters. The molecule has 0 unspecified atom stereocenters. The highest BCUT2D eigenvalue weighted by Gasteiger charge is 1.95. The standard InChI is InChI=1S/C3H5O/c1-2-4-3-1/h2H,1,3H2. The molecule has 0 aromatic rings. The molecule has 0 spiro atoms. The average Bonchev–Trinajstić information content (AvgIpc) is 0.722. The SMILES string of the molecule is [CH]1CCO1. The summed E-state index contributed by atoms with van der Waals surface area (Å²) >= 11 is 0. The van der Waals surface area contributed by atoms with E-state index in [1.807, 2.05) is 0 Å². The molecule has 1 rings (SSSR count). The molecule has 0 aromatic carbocycles. The van der Waals surface area contributed by atoms with Gasteiger partial charge in [-0.1, -0.05) is 0 Å². The van der Waals surface area contributed by atoms with Gasteiger partial charge in [0.1, 0.15) is 0 Å². The molecule has 1 heterocycles. The van der Waals surface area contributed by atoms with Gasteiger partial charge in [0.05, 0.1) is 6.61 Å². The molecular weight excluding hydrogens is 52.0 g/mol. The van der Waals surface area contributed by atoms with Crippen LogP contribution >= 0.6 is 0 Å². The minimum atomic E-state index is 0.944. The first-order chi connectivity index (χ1) is 2.00. The fourth-order valence-electron chi connectivity index (χ4n) is 0.118. The molecule has 1 aliphatic heterocycles. The van der Waals surface area contributed by atoms with Gasteiger partial charge in [-0.3, -0.25) is 0 Å². The van der Waals surface area contributed by atoms with Crippen LogP contribution in [0.25, 0.3) is 0 Å². The molecule has 0 bridgehead atoms. The summed E-state index contributed by atoms with van der Waals surface area (Å²) in [5, 5.41) is 0. The van der Waals surface area contributed by atoms with Crippen LogP contribution in [0.4, 0.5) is 0 Å². The Labute approximate surface area is 25.6 Å². The van der Waals surface area contributed by atoms with Crippen molar-refractivity contribution in [1.82, 2.24) is 0 Å². The molecule has 0 N–H and O–H groups in total. The fourth-order valence-corrected chi connectivity index (χ4v) is 0.118. The molecular formula is C3H5O. The van der Waals surface area contributed by atoms with E-state index in [2.05, 4.69) is 4.74 Å². The van der Waals surface area contributed by atoms with E-state index in [1.54, 1.807) is 6.61 Å². The van der Waals surface area contributed by atoms with Crippen molar-refractivity contribution in [3.05, 3.63) is 6.61 Å². The van der Waals surface area contributed by atoms with Crippen molar-refractivity contribution >= 4 is 0 Å². The van der Waals surface area contributed by atoms with Crippen molar-refractivity contribution in [2.24, 2.45) is 0 Å². The number of rotatable bonds is 0. The maximum atomic E-state index is 4.60. The van der Waals surface area contributed by atoms with Crippen LogP contribution in [0, 0.1) is 6.61 Å². The Morgan fingerprint density at radius 2 is 2.00 bits per heavy atom. The first kappa shape index (κ1) is 2.21. The van der Waals surface area contributed by atoms with Crippen LogP contribution in [0.15, 0.2) is 0 Å². The lowest BCUT2D eigenvalue weighted by molar-refractivity contribution is 0.105. The lowest BCUT2D eigenvalue weighted by atomic mass is 10.4. The first-order valence-electron chi connectivity index (χ1n) is 1.43. The van der Waals surface area contributed by atoms with Gasteiger partial charge >= 0.3 is 0 Å². The van der Waals surface area contributed by atoms with Crippen LogP contribution < -0.4 is 0 Å². The third-order valence-electron chi connectivity index (χ3n) is 0.471. The molecule has 1 aliphatic rings. The van der Waals surface area contributed by atoms with E-state index >= 15 is 0 Å². The molecule has 0 aromatic heterocycles. The third kappa shape index (κ3) is 0.115. The summed E-state index contributed by atoms with van der Waals surface area (Å²) in [6, 6.07) is 0.